The van der Waals surface area contributed by atoms with Gasteiger partial charge in [0.05, 0.1) is 17.1 Å². The van der Waals surface area contributed by atoms with Crippen molar-refractivity contribution in [3.63, 3.8) is 0 Å². The van der Waals surface area contributed by atoms with Crippen LogP contribution in [0.25, 0.3) is 0 Å². The van der Waals surface area contributed by atoms with E-state index < -0.39 is 29.0 Å². The monoisotopic (exact) mass is 403 g/mol. The van der Waals surface area contributed by atoms with Gasteiger partial charge in [-0.3, -0.25) is 9.59 Å². The van der Waals surface area contributed by atoms with Gasteiger partial charge < -0.3 is 10.3 Å². The van der Waals surface area contributed by atoms with Crippen LogP contribution in [-0.2, 0) is 10.5 Å². The molecule has 0 atom stereocenters. The van der Waals surface area contributed by atoms with Crippen LogP contribution in [0.3, 0.4) is 0 Å². The van der Waals surface area contributed by atoms with E-state index in [4.69, 9.17) is 0 Å². The zero-order chi connectivity index (χ0) is 19.1. The fraction of sp³-hybridized carbons (Fsp3) is 0.312. The number of hydrogen-bond donors (Lipinski definition) is 2. The van der Waals surface area contributed by atoms with Gasteiger partial charge in [0.2, 0.25) is 5.91 Å². The molecule has 0 bridgehead atoms. The topological polar surface area (TPSA) is 74.8 Å². The molecule has 0 spiro atoms. The predicted molar refractivity (Wildman–Crippen MR) is 97.0 cm³/mol. The Morgan fingerprint density at radius 2 is 2.04 bits per heavy atom. The van der Waals surface area contributed by atoms with Gasteiger partial charge in [0, 0.05) is 11.8 Å². The molecule has 26 heavy (non-hydrogen) atoms. The molecule has 0 saturated carbocycles. The molecule has 0 aliphatic rings. The highest BCUT2D eigenvalue weighted by molar-refractivity contribution is 7.99. The van der Waals surface area contributed by atoms with E-state index >= 15 is 0 Å². The van der Waals surface area contributed by atoms with Gasteiger partial charge in [-0.2, -0.15) is 11.8 Å². The number of thioether (sulfide) groups is 2. The van der Waals surface area contributed by atoms with Gasteiger partial charge >= 0.3 is 0 Å². The van der Waals surface area contributed by atoms with Crippen molar-refractivity contribution in [2.24, 2.45) is 0 Å². The minimum atomic E-state index is -1.65. The smallest absolute Gasteiger partial charge is 0.251 e. The first-order valence-electron chi connectivity index (χ1n) is 7.64. The molecule has 0 aliphatic carbocycles. The third-order valence-corrected chi connectivity index (χ3v) is 5.09. The molecule has 1 aromatic carbocycles. The summed E-state index contributed by atoms with van der Waals surface area (Å²) in [6.45, 7) is 2.05. The summed E-state index contributed by atoms with van der Waals surface area (Å²) in [6, 6.07) is 3.04. The first-order chi connectivity index (χ1) is 12.4. The fourth-order valence-corrected chi connectivity index (χ4v) is 3.37. The number of benzene rings is 1. The number of carbonyl (C=O) groups is 1. The van der Waals surface area contributed by atoms with E-state index in [0.29, 0.717) is 11.4 Å². The van der Waals surface area contributed by atoms with E-state index in [9.17, 15) is 22.8 Å². The Bertz CT molecular complexity index is 846. The number of amides is 1. The van der Waals surface area contributed by atoms with Crippen LogP contribution in [0, 0.1) is 17.5 Å². The second kappa shape index (κ2) is 9.67. The van der Waals surface area contributed by atoms with E-state index in [0.717, 1.165) is 36.1 Å². The Balaban J connectivity index is 1.97. The fourth-order valence-electron chi connectivity index (χ4n) is 1.89. The average Bonchev–Trinajstić information content (AvgIpc) is 2.60. The molecule has 0 unspecified atom stereocenters. The van der Waals surface area contributed by atoms with Crippen LogP contribution in [0.4, 0.5) is 18.9 Å². The average molecular weight is 403 g/mol. The number of aromatic amines is 1. The number of hydrogen-bond acceptors (Lipinski definition) is 5. The Morgan fingerprint density at radius 3 is 2.77 bits per heavy atom. The summed E-state index contributed by atoms with van der Waals surface area (Å²) in [5, 5.41) is 2.41. The number of carbonyl (C=O) groups excluding carboxylic acids is 1. The van der Waals surface area contributed by atoms with Crippen LogP contribution in [-0.4, -0.2) is 27.4 Å². The van der Waals surface area contributed by atoms with Gasteiger partial charge in [0.25, 0.3) is 5.56 Å². The molecule has 2 aromatic rings. The van der Waals surface area contributed by atoms with Crippen molar-refractivity contribution in [3.8, 4) is 0 Å². The van der Waals surface area contributed by atoms with Crippen molar-refractivity contribution in [2.45, 2.75) is 24.3 Å². The SMILES string of the molecule is CCCSCc1cc(=O)[nH]c(SCC(=O)Nc2ccc(F)c(F)c2F)n1. The van der Waals surface area contributed by atoms with Crippen LogP contribution in [0.2, 0.25) is 0 Å². The molecule has 140 valence electrons. The summed E-state index contributed by atoms with van der Waals surface area (Å²) in [6.07, 6.45) is 1.01. The zero-order valence-electron chi connectivity index (χ0n) is 13.8. The second-order valence-corrected chi connectivity index (χ2v) is 7.22. The van der Waals surface area contributed by atoms with E-state index in [-0.39, 0.29) is 16.5 Å². The molecule has 0 fully saturated rings. The molecule has 1 heterocycles. The van der Waals surface area contributed by atoms with Crippen molar-refractivity contribution in [1.82, 2.24) is 9.97 Å². The normalized spacial score (nSPS) is 10.8. The highest BCUT2D eigenvalue weighted by atomic mass is 32.2. The van der Waals surface area contributed by atoms with Crippen molar-refractivity contribution in [3.05, 3.63) is 51.7 Å². The van der Waals surface area contributed by atoms with Gasteiger partial charge in [-0.15, -0.1) is 0 Å². The molecular formula is C16H16F3N3O2S2. The second-order valence-electron chi connectivity index (χ2n) is 5.15. The number of rotatable bonds is 8. The van der Waals surface area contributed by atoms with E-state index in [1.165, 1.54) is 6.07 Å². The lowest BCUT2D eigenvalue weighted by molar-refractivity contribution is -0.113. The van der Waals surface area contributed by atoms with Crippen molar-refractivity contribution in [2.75, 3.05) is 16.8 Å². The molecule has 0 aliphatic heterocycles. The van der Waals surface area contributed by atoms with Crippen LogP contribution < -0.4 is 10.9 Å². The largest absolute Gasteiger partial charge is 0.323 e. The van der Waals surface area contributed by atoms with Crippen LogP contribution in [0.15, 0.2) is 28.2 Å². The van der Waals surface area contributed by atoms with Gasteiger partial charge in [0.15, 0.2) is 22.6 Å². The number of aromatic nitrogens is 2. The molecular weight excluding hydrogens is 387 g/mol. The quantitative estimate of drug-likeness (QED) is 0.305. The number of anilines is 1. The highest BCUT2D eigenvalue weighted by Crippen LogP contribution is 2.20. The van der Waals surface area contributed by atoms with Gasteiger partial charge in [0.1, 0.15) is 0 Å². The maximum Gasteiger partial charge on any atom is 0.251 e. The third-order valence-electron chi connectivity index (χ3n) is 3.02. The molecule has 10 heteroatoms. The number of nitrogens with zero attached hydrogens (tertiary/aromatic N) is 1. The maximum absolute atomic E-state index is 13.5. The summed E-state index contributed by atoms with van der Waals surface area (Å²) < 4.78 is 39.6. The number of nitrogens with one attached hydrogen (secondary N) is 2. The molecule has 2 N–H and O–H groups in total. The Kier molecular flexibility index (Phi) is 7.58. The van der Waals surface area contributed by atoms with Gasteiger partial charge in [-0.05, 0) is 24.3 Å². The summed E-state index contributed by atoms with van der Waals surface area (Å²) in [5.41, 5.74) is -0.191. The standard InChI is InChI=1S/C16H16F3N3O2S2/c1-2-5-25-7-9-6-12(23)22-16(20-9)26-8-13(24)21-11-4-3-10(17)14(18)15(11)19/h3-4,6H,2,5,7-8H2,1H3,(H,21,24)(H,20,22,23). The number of H-pyrrole nitrogens is 1. The number of halogens is 3. The van der Waals surface area contributed by atoms with Gasteiger partial charge in [-0.25, -0.2) is 18.2 Å². The lowest BCUT2D eigenvalue weighted by Gasteiger charge is -2.07. The molecule has 0 radical (unpaired) electrons. The van der Waals surface area contributed by atoms with E-state index in [1.807, 2.05) is 6.92 Å². The van der Waals surface area contributed by atoms with Crippen molar-refractivity contribution < 1.29 is 18.0 Å². The first kappa shape index (κ1) is 20.4. The van der Waals surface area contributed by atoms with Gasteiger partial charge in [-0.1, -0.05) is 18.7 Å². The van der Waals surface area contributed by atoms with Crippen LogP contribution >= 0.6 is 23.5 Å². The molecule has 0 saturated heterocycles. The summed E-state index contributed by atoms with van der Waals surface area (Å²) in [4.78, 5) is 30.3. The highest BCUT2D eigenvalue weighted by Gasteiger charge is 2.15. The summed E-state index contributed by atoms with van der Waals surface area (Å²) >= 11 is 2.59. The van der Waals surface area contributed by atoms with Crippen LogP contribution in [0.1, 0.15) is 19.0 Å². The molecule has 1 aromatic heterocycles. The van der Waals surface area contributed by atoms with Crippen molar-refractivity contribution in [1.29, 1.82) is 0 Å². The Hall–Kier alpha value is -1.94. The van der Waals surface area contributed by atoms with E-state index in [1.54, 1.807) is 11.8 Å². The van der Waals surface area contributed by atoms with Crippen molar-refractivity contribution >= 4 is 35.1 Å². The first-order valence-corrected chi connectivity index (χ1v) is 9.79. The summed E-state index contributed by atoms with van der Waals surface area (Å²) in [7, 11) is 0. The maximum atomic E-state index is 13.5. The lowest BCUT2D eigenvalue weighted by atomic mass is 10.3. The minimum absolute atomic E-state index is 0.188. The summed E-state index contributed by atoms with van der Waals surface area (Å²) in [5.74, 6) is -3.77. The lowest BCUT2D eigenvalue weighted by Crippen LogP contribution is -2.17. The molecule has 2 rings (SSSR count). The minimum Gasteiger partial charge on any atom is -0.323 e. The van der Waals surface area contributed by atoms with E-state index in [2.05, 4.69) is 15.3 Å². The zero-order valence-corrected chi connectivity index (χ0v) is 15.4. The molecule has 5 nitrogen and oxygen atoms in total. The van der Waals surface area contributed by atoms with Crippen LogP contribution in [0.5, 0.6) is 0 Å². The third kappa shape index (κ3) is 5.80. The Morgan fingerprint density at radius 1 is 1.27 bits per heavy atom. The predicted octanol–water partition coefficient (Wildman–Crippen LogP) is 3.56. The molecule has 1 amide bonds. The Labute approximate surface area is 156 Å².